The number of aliphatic hydroxyl groups is 1. The molecule has 0 aliphatic heterocycles. The maximum atomic E-state index is 9.33. The van der Waals surface area contributed by atoms with Gasteiger partial charge in [-0.25, -0.2) is 0 Å². The molecular weight excluding hydrogens is 246 g/mol. The van der Waals surface area contributed by atoms with Crippen molar-refractivity contribution in [3.05, 3.63) is 22.6 Å². The van der Waals surface area contributed by atoms with Crippen LogP contribution >= 0.6 is 15.9 Å². The molecule has 1 aliphatic rings. The summed E-state index contributed by atoms with van der Waals surface area (Å²) in [5, 5.41) is 12.7. The number of furan rings is 1. The van der Waals surface area contributed by atoms with E-state index >= 15 is 0 Å². The van der Waals surface area contributed by atoms with Gasteiger partial charge in [-0.2, -0.15) is 0 Å². The standard InChI is InChI=1S/C10H14BrNO2/c11-10-4-3-9(14-10)6-12-7-1-2-8(13)5-7/h3-4,7-8,12-13H,1-2,5-6H2/t7-,8+/m0/s1. The normalized spacial score (nSPS) is 27.0. The minimum atomic E-state index is -0.115. The highest BCUT2D eigenvalue weighted by atomic mass is 79.9. The molecule has 1 aromatic heterocycles. The zero-order chi connectivity index (χ0) is 9.97. The number of hydrogen-bond donors (Lipinski definition) is 2. The Morgan fingerprint density at radius 1 is 1.50 bits per heavy atom. The van der Waals surface area contributed by atoms with Crippen LogP contribution < -0.4 is 5.32 Å². The summed E-state index contributed by atoms with van der Waals surface area (Å²) in [5.74, 6) is 0.929. The molecule has 1 aromatic rings. The van der Waals surface area contributed by atoms with Crippen LogP contribution in [0.4, 0.5) is 0 Å². The Balaban J connectivity index is 1.77. The van der Waals surface area contributed by atoms with E-state index < -0.39 is 0 Å². The van der Waals surface area contributed by atoms with Gasteiger partial charge in [-0.1, -0.05) is 0 Å². The van der Waals surface area contributed by atoms with E-state index in [1.54, 1.807) is 0 Å². The van der Waals surface area contributed by atoms with E-state index in [4.69, 9.17) is 4.42 Å². The molecule has 0 spiro atoms. The van der Waals surface area contributed by atoms with E-state index in [1.807, 2.05) is 12.1 Å². The van der Waals surface area contributed by atoms with E-state index in [0.29, 0.717) is 6.04 Å². The molecular formula is C10H14BrNO2. The Morgan fingerprint density at radius 2 is 2.36 bits per heavy atom. The van der Waals surface area contributed by atoms with Crippen LogP contribution in [0, 0.1) is 0 Å². The minimum absolute atomic E-state index is 0.115. The lowest BCUT2D eigenvalue weighted by Crippen LogP contribution is -2.26. The van der Waals surface area contributed by atoms with Gasteiger partial charge >= 0.3 is 0 Å². The van der Waals surface area contributed by atoms with Crippen LogP contribution in [0.25, 0.3) is 0 Å². The van der Waals surface area contributed by atoms with Gasteiger partial charge in [0.25, 0.3) is 0 Å². The SMILES string of the molecule is O[C@@H]1CC[C@H](NCc2ccc(Br)o2)C1. The van der Waals surface area contributed by atoms with Gasteiger partial charge in [0.15, 0.2) is 4.67 Å². The number of halogens is 1. The van der Waals surface area contributed by atoms with Crippen molar-refractivity contribution in [3.8, 4) is 0 Å². The van der Waals surface area contributed by atoms with E-state index in [0.717, 1.165) is 36.2 Å². The first-order valence-corrected chi connectivity index (χ1v) is 5.69. The number of rotatable bonds is 3. The Hall–Kier alpha value is -0.320. The minimum Gasteiger partial charge on any atom is -0.453 e. The summed E-state index contributed by atoms with van der Waals surface area (Å²) in [6, 6.07) is 4.28. The highest BCUT2D eigenvalue weighted by Crippen LogP contribution is 2.20. The van der Waals surface area contributed by atoms with Crippen molar-refractivity contribution < 1.29 is 9.52 Å². The molecule has 0 radical (unpaired) electrons. The average molecular weight is 260 g/mol. The summed E-state index contributed by atoms with van der Waals surface area (Å²) in [6.07, 6.45) is 2.72. The zero-order valence-electron chi connectivity index (χ0n) is 7.87. The Morgan fingerprint density at radius 3 is 2.93 bits per heavy atom. The summed E-state index contributed by atoms with van der Waals surface area (Å²) >= 11 is 3.26. The van der Waals surface area contributed by atoms with Crippen molar-refractivity contribution >= 4 is 15.9 Å². The van der Waals surface area contributed by atoms with Crippen LogP contribution in [0.3, 0.4) is 0 Å². The van der Waals surface area contributed by atoms with Gasteiger partial charge in [-0.05, 0) is 47.3 Å². The number of nitrogens with one attached hydrogen (secondary N) is 1. The van der Waals surface area contributed by atoms with Gasteiger partial charge in [0.2, 0.25) is 0 Å². The molecule has 4 heteroatoms. The second-order valence-electron chi connectivity index (χ2n) is 3.75. The average Bonchev–Trinajstić information content (AvgIpc) is 2.72. The fourth-order valence-electron chi connectivity index (χ4n) is 1.83. The highest BCUT2D eigenvalue weighted by Gasteiger charge is 2.22. The molecule has 2 atom stereocenters. The van der Waals surface area contributed by atoms with Gasteiger partial charge in [0, 0.05) is 6.04 Å². The first-order chi connectivity index (χ1) is 6.74. The lowest BCUT2D eigenvalue weighted by atomic mass is 10.2. The third-order valence-electron chi connectivity index (χ3n) is 2.60. The highest BCUT2D eigenvalue weighted by molar-refractivity contribution is 9.10. The second-order valence-corrected chi connectivity index (χ2v) is 4.53. The second kappa shape index (κ2) is 4.47. The van der Waals surface area contributed by atoms with Crippen molar-refractivity contribution in [1.82, 2.24) is 5.32 Å². The summed E-state index contributed by atoms with van der Waals surface area (Å²) in [5.41, 5.74) is 0. The topological polar surface area (TPSA) is 45.4 Å². The van der Waals surface area contributed by atoms with Gasteiger partial charge in [0.05, 0.1) is 12.6 Å². The Bertz CT molecular complexity index is 300. The quantitative estimate of drug-likeness (QED) is 0.874. The van der Waals surface area contributed by atoms with Crippen LogP contribution in [0.5, 0.6) is 0 Å². The van der Waals surface area contributed by atoms with Gasteiger partial charge in [-0.3, -0.25) is 0 Å². The van der Waals surface area contributed by atoms with E-state index in [2.05, 4.69) is 21.2 Å². The van der Waals surface area contributed by atoms with E-state index in [1.165, 1.54) is 0 Å². The molecule has 0 unspecified atom stereocenters. The predicted octanol–water partition coefficient (Wildman–Crippen LogP) is 2.05. The molecule has 0 amide bonds. The maximum Gasteiger partial charge on any atom is 0.169 e. The van der Waals surface area contributed by atoms with Crippen LogP contribution in [-0.2, 0) is 6.54 Å². The molecule has 1 fully saturated rings. The molecule has 1 heterocycles. The van der Waals surface area contributed by atoms with E-state index in [9.17, 15) is 5.11 Å². The summed E-state index contributed by atoms with van der Waals surface area (Å²) in [6.45, 7) is 0.739. The molecule has 2 rings (SSSR count). The molecule has 0 bridgehead atoms. The Kier molecular flexibility index (Phi) is 3.26. The Labute approximate surface area is 91.6 Å². The van der Waals surface area contributed by atoms with Crippen molar-refractivity contribution in [2.75, 3.05) is 0 Å². The molecule has 2 N–H and O–H groups in total. The first kappa shape index (κ1) is 10.2. The van der Waals surface area contributed by atoms with Crippen LogP contribution in [-0.4, -0.2) is 17.3 Å². The first-order valence-electron chi connectivity index (χ1n) is 4.89. The largest absolute Gasteiger partial charge is 0.453 e. The summed E-state index contributed by atoms with van der Waals surface area (Å²) < 4.78 is 6.13. The smallest absolute Gasteiger partial charge is 0.169 e. The molecule has 3 nitrogen and oxygen atoms in total. The summed E-state index contributed by atoms with van der Waals surface area (Å²) in [4.78, 5) is 0. The molecule has 1 saturated carbocycles. The summed E-state index contributed by atoms with van der Waals surface area (Å²) in [7, 11) is 0. The molecule has 78 valence electrons. The van der Waals surface area contributed by atoms with Gasteiger partial charge in [0.1, 0.15) is 5.76 Å². The van der Waals surface area contributed by atoms with Gasteiger partial charge < -0.3 is 14.8 Å². The number of aliphatic hydroxyl groups excluding tert-OH is 1. The van der Waals surface area contributed by atoms with Crippen molar-refractivity contribution in [2.24, 2.45) is 0 Å². The fraction of sp³-hybridized carbons (Fsp3) is 0.600. The van der Waals surface area contributed by atoms with Crippen LogP contribution in [0.1, 0.15) is 25.0 Å². The zero-order valence-corrected chi connectivity index (χ0v) is 9.46. The monoisotopic (exact) mass is 259 g/mol. The fourth-order valence-corrected chi connectivity index (χ4v) is 2.17. The lowest BCUT2D eigenvalue weighted by Gasteiger charge is -2.09. The van der Waals surface area contributed by atoms with Crippen molar-refractivity contribution in [2.45, 2.75) is 38.0 Å². The third-order valence-corrected chi connectivity index (χ3v) is 3.02. The predicted molar refractivity (Wildman–Crippen MR) is 56.9 cm³/mol. The van der Waals surface area contributed by atoms with E-state index in [-0.39, 0.29) is 6.10 Å². The number of hydrogen-bond acceptors (Lipinski definition) is 3. The van der Waals surface area contributed by atoms with Crippen molar-refractivity contribution in [3.63, 3.8) is 0 Å². The third kappa shape index (κ3) is 2.59. The molecule has 0 aromatic carbocycles. The lowest BCUT2D eigenvalue weighted by molar-refractivity contribution is 0.179. The maximum absolute atomic E-state index is 9.33. The molecule has 14 heavy (non-hydrogen) atoms. The molecule has 1 aliphatic carbocycles. The van der Waals surface area contributed by atoms with Gasteiger partial charge in [-0.15, -0.1) is 0 Å². The van der Waals surface area contributed by atoms with Crippen molar-refractivity contribution in [1.29, 1.82) is 0 Å². The van der Waals surface area contributed by atoms with Crippen LogP contribution in [0.15, 0.2) is 21.2 Å². The van der Waals surface area contributed by atoms with Crippen LogP contribution in [0.2, 0.25) is 0 Å². The molecule has 0 saturated heterocycles.